The van der Waals surface area contributed by atoms with Crippen molar-refractivity contribution in [1.29, 1.82) is 0 Å². The van der Waals surface area contributed by atoms with E-state index in [1.54, 1.807) is 36.2 Å². The predicted octanol–water partition coefficient (Wildman–Crippen LogP) is 6.44. The van der Waals surface area contributed by atoms with Gasteiger partial charge in [-0.05, 0) is 56.4 Å². The second kappa shape index (κ2) is 10.2. The number of amides is 1. The summed E-state index contributed by atoms with van der Waals surface area (Å²) >= 11 is 6.95. The Hall–Kier alpha value is -2.19. The molecule has 3 rings (SSSR count). The number of benzene rings is 1. The summed E-state index contributed by atoms with van der Waals surface area (Å²) in [6.07, 6.45) is 0.652. The third-order valence-electron chi connectivity index (χ3n) is 5.19. The van der Waals surface area contributed by atoms with Crippen molar-refractivity contribution in [1.82, 2.24) is 9.88 Å². The molecule has 1 amide bonds. The van der Waals surface area contributed by atoms with Gasteiger partial charge in [0.2, 0.25) is 0 Å². The number of fused-ring (bicyclic) bond motifs is 1. The quantitative estimate of drug-likeness (QED) is 0.417. The van der Waals surface area contributed by atoms with Gasteiger partial charge in [-0.2, -0.15) is 0 Å². The highest BCUT2D eigenvalue weighted by molar-refractivity contribution is 8.03. The minimum absolute atomic E-state index is 0.0182. The van der Waals surface area contributed by atoms with Gasteiger partial charge in [0.1, 0.15) is 0 Å². The average Bonchev–Trinajstić information content (AvgIpc) is 2.97. The van der Waals surface area contributed by atoms with Gasteiger partial charge in [0.15, 0.2) is 5.83 Å². The number of alkyl halides is 2. The molecular weight excluding hydrogens is 459 g/mol. The molecule has 0 atom stereocenters. The summed E-state index contributed by atoms with van der Waals surface area (Å²) in [5.41, 5.74) is 1.00. The molecule has 0 saturated heterocycles. The standard InChI is InChI=1S/C23H25ClF3N3OS/c1-4-32-20(19(25)21(26)27)16-13-23(2,3)30(22(16)31)11-5-9-28-17-8-10-29-18-12-14(24)6-7-15(17)18/h6-8,10,12-13,21H,4-5,9,11H2,1-3H3,(H,28,29)/b20-19+. The van der Waals surface area contributed by atoms with Gasteiger partial charge in [-0.25, -0.2) is 13.2 Å². The number of halogens is 4. The van der Waals surface area contributed by atoms with E-state index in [0.717, 1.165) is 28.4 Å². The van der Waals surface area contributed by atoms with E-state index in [2.05, 4.69) is 10.3 Å². The molecule has 0 spiro atoms. The van der Waals surface area contributed by atoms with Crippen LogP contribution in [-0.4, -0.2) is 46.6 Å². The van der Waals surface area contributed by atoms with Crippen LogP contribution in [0.3, 0.4) is 0 Å². The first-order valence-corrected chi connectivity index (χ1v) is 11.7. The third kappa shape index (κ3) is 5.23. The molecule has 0 saturated carbocycles. The van der Waals surface area contributed by atoms with Crippen molar-refractivity contribution in [2.45, 2.75) is 39.2 Å². The largest absolute Gasteiger partial charge is 0.384 e. The maximum Gasteiger partial charge on any atom is 0.290 e. The number of rotatable bonds is 9. The number of anilines is 1. The number of allylic oxidation sites excluding steroid dienone is 1. The van der Waals surface area contributed by atoms with E-state index >= 15 is 0 Å². The van der Waals surface area contributed by atoms with Crippen LogP contribution in [0.2, 0.25) is 5.02 Å². The Kier molecular flexibility index (Phi) is 7.77. The van der Waals surface area contributed by atoms with Crippen molar-refractivity contribution in [3.63, 3.8) is 0 Å². The van der Waals surface area contributed by atoms with E-state index in [1.807, 2.05) is 26.0 Å². The van der Waals surface area contributed by atoms with Gasteiger partial charge < -0.3 is 10.2 Å². The van der Waals surface area contributed by atoms with Crippen LogP contribution in [0.15, 0.2) is 52.8 Å². The first-order chi connectivity index (χ1) is 15.2. The van der Waals surface area contributed by atoms with Crippen molar-refractivity contribution in [3.05, 3.63) is 57.9 Å². The van der Waals surface area contributed by atoms with Crippen LogP contribution in [0.1, 0.15) is 27.2 Å². The first kappa shape index (κ1) is 24.5. The van der Waals surface area contributed by atoms with Gasteiger partial charge in [-0.3, -0.25) is 9.78 Å². The number of nitrogens with one attached hydrogen (secondary N) is 1. The zero-order valence-electron chi connectivity index (χ0n) is 18.1. The fourth-order valence-electron chi connectivity index (χ4n) is 3.71. The van der Waals surface area contributed by atoms with Gasteiger partial charge in [-0.1, -0.05) is 18.5 Å². The van der Waals surface area contributed by atoms with Crippen LogP contribution in [0, 0.1) is 0 Å². The second-order valence-corrected chi connectivity index (χ2v) is 9.59. The number of hydrogen-bond acceptors (Lipinski definition) is 4. The van der Waals surface area contributed by atoms with Gasteiger partial charge in [0, 0.05) is 35.4 Å². The molecule has 1 aliphatic rings. The highest BCUT2D eigenvalue weighted by Crippen LogP contribution is 2.39. The van der Waals surface area contributed by atoms with Crippen LogP contribution >= 0.6 is 23.4 Å². The number of nitrogens with zero attached hydrogens (tertiary/aromatic N) is 2. The topological polar surface area (TPSA) is 45.2 Å². The van der Waals surface area contributed by atoms with Crippen LogP contribution in [0.4, 0.5) is 18.9 Å². The molecule has 0 aliphatic carbocycles. The number of pyridine rings is 1. The fraction of sp³-hybridized carbons (Fsp3) is 0.391. The smallest absolute Gasteiger partial charge is 0.290 e. The summed E-state index contributed by atoms with van der Waals surface area (Å²) in [7, 11) is 0. The van der Waals surface area contributed by atoms with Crippen molar-refractivity contribution in [2.24, 2.45) is 0 Å². The lowest BCUT2D eigenvalue weighted by Crippen LogP contribution is -2.42. The summed E-state index contributed by atoms with van der Waals surface area (Å²) in [4.78, 5) is 18.6. The maximum atomic E-state index is 14.1. The van der Waals surface area contributed by atoms with E-state index in [9.17, 15) is 18.0 Å². The third-order valence-corrected chi connectivity index (χ3v) is 6.42. The zero-order chi connectivity index (χ0) is 23.5. The number of hydrogen-bond donors (Lipinski definition) is 1. The lowest BCUT2D eigenvalue weighted by atomic mass is 10.0. The molecule has 1 aliphatic heterocycles. The Morgan fingerprint density at radius 3 is 2.75 bits per heavy atom. The Morgan fingerprint density at radius 2 is 2.06 bits per heavy atom. The van der Waals surface area contributed by atoms with Crippen molar-refractivity contribution < 1.29 is 18.0 Å². The minimum Gasteiger partial charge on any atom is -0.384 e. The lowest BCUT2D eigenvalue weighted by Gasteiger charge is -2.31. The molecule has 9 heteroatoms. The Bertz CT molecular complexity index is 1070. The summed E-state index contributed by atoms with van der Waals surface area (Å²) in [5, 5.41) is 4.90. The predicted molar refractivity (Wildman–Crippen MR) is 126 cm³/mol. The second-order valence-electron chi connectivity index (χ2n) is 7.88. The fourth-order valence-corrected chi connectivity index (χ4v) is 4.69. The maximum absolute atomic E-state index is 14.1. The molecule has 1 aromatic heterocycles. The zero-order valence-corrected chi connectivity index (χ0v) is 19.7. The van der Waals surface area contributed by atoms with Gasteiger partial charge in [0.25, 0.3) is 12.3 Å². The highest BCUT2D eigenvalue weighted by Gasteiger charge is 2.40. The van der Waals surface area contributed by atoms with Crippen LogP contribution in [-0.2, 0) is 4.79 Å². The first-order valence-electron chi connectivity index (χ1n) is 10.3. The van der Waals surface area contributed by atoms with Crippen LogP contribution < -0.4 is 5.32 Å². The Morgan fingerprint density at radius 1 is 1.31 bits per heavy atom. The molecule has 0 bridgehead atoms. The van der Waals surface area contributed by atoms with Gasteiger partial charge in [0.05, 0.1) is 21.5 Å². The van der Waals surface area contributed by atoms with Crippen molar-refractivity contribution in [2.75, 3.05) is 24.2 Å². The number of thioether (sulfide) groups is 1. The molecule has 1 N–H and O–H groups in total. The molecule has 0 radical (unpaired) electrons. The summed E-state index contributed by atoms with van der Waals surface area (Å²) in [6.45, 7) is 6.34. The summed E-state index contributed by atoms with van der Waals surface area (Å²) in [5.74, 6) is -1.58. The van der Waals surface area contributed by atoms with E-state index in [0.29, 0.717) is 30.3 Å². The van der Waals surface area contributed by atoms with Gasteiger partial charge >= 0.3 is 0 Å². The van der Waals surface area contributed by atoms with E-state index in [-0.39, 0.29) is 10.5 Å². The molecule has 0 unspecified atom stereocenters. The molecule has 0 fully saturated rings. The molecule has 2 heterocycles. The van der Waals surface area contributed by atoms with Crippen LogP contribution in [0.25, 0.3) is 10.9 Å². The molecular formula is C23H25ClF3N3OS. The van der Waals surface area contributed by atoms with Crippen molar-refractivity contribution >= 4 is 45.9 Å². The number of carbonyl (C=O) groups excluding carboxylic acids is 1. The van der Waals surface area contributed by atoms with E-state index in [1.165, 1.54) is 0 Å². The summed E-state index contributed by atoms with van der Waals surface area (Å²) in [6, 6.07) is 7.35. The SMILES string of the molecule is CCS/C(C1=CC(C)(C)N(CCCNc2ccnc3cc(Cl)ccc23)C1=O)=C(/F)C(F)F. The average molecular weight is 484 g/mol. The van der Waals surface area contributed by atoms with Crippen LogP contribution in [0.5, 0.6) is 0 Å². The number of carbonyl (C=O) groups is 1. The number of aromatic nitrogens is 1. The molecule has 4 nitrogen and oxygen atoms in total. The molecule has 1 aromatic carbocycles. The summed E-state index contributed by atoms with van der Waals surface area (Å²) < 4.78 is 40.1. The highest BCUT2D eigenvalue weighted by atomic mass is 35.5. The molecule has 2 aromatic rings. The normalized spacial score (nSPS) is 16.6. The molecule has 172 valence electrons. The Balaban J connectivity index is 1.68. The van der Waals surface area contributed by atoms with Gasteiger partial charge in [-0.15, -0.1) is 11.8 Å². The monoisotopic (exact) mass is 483 g/mol. The molecule has 32 heavy (non-hydrogen) atoms. The van der Waals surface area contributed by atoms with E-state index in [4.69, 9.17) is 11.6 Å². The van der Waals surface area contributed by atoms with E-state index < -0.39 is 23.7 Å². The minimum atomic E-state index is -3.25. The Labute approximate surface area is 194 Å². The van der Waals surface area contributed by atoms with Crippen molar-refractivity contribution in [3.8, 4) is 0 Å². The lowest BCUT2D eigenvalue weighted by molar-refractivity contribution is -0.128.